The molecule has 2 nitrogen and oxygen atoms in total. The van der Waals surface area contributed by atoms with E-state index in [-0.39, 0.29) is 11.9 Å². The third-order valence-electron chi connectivity index (χ3n) is 2.90. The van der Waals surface area contributed by atoms with Crippen LogP contribution in [-0.4, -0.2) is 24.5 Å². The predicted octanol–water partition coefficient (Wildman–Crippen LogP) is 2.80. The zero-order valence-electron chi connectivity index (χ0n) is 11.0. The number of benzene rings is 1. The molecule has 0 fully saturated rings. The summed E-state index contributed by atoms with van der Waals surface area (Å²) in [5, 5.41) is 0. The van der Waals surface area contributed by atoms with Crippen LogP contribution in [0.5, 0.6) is 0 Å². The van der Waals surface area contributed by atoms with Crippen LogP contribution < -0.4 is 5.73 Å². The Bertz CT molecular complexity index is 339. The van der Waals surface area contributed by atoms with Crippen LogP contribution in [0.25, 0.3) is 0 Å². The molecular formula is C14H23FN2. The zero-order valence-corrected chi connectivity index (χ0v) is 11.0. The second-order valence-corrected chi connectivity index (χ2v) is 4.79. The molecule has 0 spiro atoms. The summed E-state index contributed by atoms with van der Waals surface area (Å²) < 4.78 is 13.2. The molecule has 0 aromatic heterocycles. The van der Waals surface area contributed by atoms with Gasteiger partial charge in [-0.2, -0.15) is 0 Å². The first kappa shape index (κ1) is 14.1. The molecule has 0 bridgehead atoms. The van der Waals surface area contributed by atoms with Crippen molar-refractivity contribution in [1.82, 2.24) is 4.90 Å². The highest BCUT2D eigenvalue weighted by molar-refractivity contribution is 5.20. The van der Waals surface area contributed by atoms with Gasteiger partial charge >= 0.3 is 0 Å². The number of rotatable bonds is 6. The minimum atomic E-state index is -0.193. The first-order valence-electron chi connectivity index (χ1n) is 6.28. The van der Waals surface area contributed by atoms with Crippen LogP contribution >= 0.6 is 0 Å². The fraction of sp³-hybridized carbons (Fsp3) is 0.571. The van der Waals surface area contributed by atoms with Gasteiger partial charge in [-0.3, -0.25) is 4.90 Å². The van der Waals surface area contributed by atoms with Gasteiger partial charge in [0.15, 0.2) is 0 Å². The number of halogens is 1. The number of nitrogens with two attached hydrogens (primary N) is 1. The van der Waals surface area contributed by atoms with Crippen molar-refractivity contribution in [2.45, 2.75) is 26.8 Å². The monoisotopic (exact) mass is 238 g/mol. The van der Waals surface area contributed by atoms with Gasteiger partial charge in [-0.1, -0.05) is 32.9 Å². The third-order valence-corrected chi connectivity index (χ3v) is 2.90. The molecule has 0 aliphatic heterocycles. The number of nitrogens with zero attached hydrogens (tertiary/aromatic N) is 1. The molecule has 1 aromatic rings. The summed E-state index contributed by atoms with van der Waals surface area (Å²) in [5.41, 5.74) is 6.81. The molecule has 1 aromatic carbocycles. The summed E-state index contributed by atoms with van der Waals surface area (Å²) in [6, 6.07) is 6.86. The lowest BCUT2D eigenvalue weighted by atomic mass is 10.0. The van der Waals surface area contributed by atoms with Crippen molar-refractivity contribution in [3.8, 4) is 0 Å². The van der Waals surface area contributed by atoms with Crippen molar-refractivity contribution in [2.24, 2.45) is 11.7 Å². The van der Waals surface area contributed by atoms with Crippen molar-refractivity contribution in [3.63, 3.8) is 0 Å². The summed E-state index contributed by atoms with van der Waals surface area (Å²) in [4.78, 5) is 2.30. The van der Waals surface area contributed by atoms with Gasteiger partial charge in [-0.15, -0.1) is 0 Å². The fourth-order valence-electron chi connectivity index (χ4n) is 2.16. The minimum Gasteiger partial charge on any atom is -0.329 e. The highest BCUT2D eigenvalue weighted by Crippen LogP contribution is 2.21. The van der Waals surface area contributed by atoms with Crippen LogP contribution in [0.4, 0.5) is 4.39 Å². The normalized spacial score (nSPS) is 13.4. The van der Waals surface area contributed by atoms with Gasteiger partial charge in [0.2, 0.25) is 0 Å². The second-order valence-electron chi connectivity index (χ2n) is 4.79. The summed E-state index contributed by atoms with van der Waals surface area (Å²) in [5.74, 6) is 0.388. The zero-order chi connectivity index (χ0) is 12.8. The fourth-order valence-corrected chi connectivity index (χ4v) is 2.16. The number of hydrogen-bond donors (Lipinski definition) is 1. The van der Waals surface area contributed by atoms with E-state index in [1.807, 2.05) is 6.07 Å². The van der Waals surface area contributed by atoms with Gasteiger partial charge < -0.3 is 5.73 Å². The van der Waals surface area contributed by atoms with E-state index in [4.69, 9.17) is 5.73 Å². The van der Waals surface area contributed by atoms with Crippen molar-refractivity contribution in [1.29, 1.82) is 0 Å². The van der Waals surface area contributed by atoms with E-state index in [0.717, 1.165) is 18.7 Å². The first-order chi connectivity index (χ1) is 8.08. The highest BCUT2D eigenvalue weighted by atomic mass is 19.1. The molecule has 0 radical (unpaired) electrons. The largest absolute Gasteiger partial charge is 0.329 e. The summed E-state index contributed by atoms with van der Waals surface area (Å²) >= 11 is 0. The average Bonchev–Trinajstić information content (AvgIpc) is 2.28. The van der Waals surface area contributed by atoms with E-state index in [1.54, 1.807) is 12.1 Å². The minimum absolute atomic E-state index is 0.109. The molecule has 0 aliphatic carbocycles. The van der Waals surface area contributed by atoms with Gasteiger partial charge in [-0.05, 0) is 30.2 Å². The molecule has 3 heteroatoms. The van der Waals surface area contributed by atoms with E-state index >= 15 is 0 Å². The van der Waals surface area contributed by atoms with Crippen LogP contribution in [0.3, 0.4) is 0 Å². The molecule has 2 N–H and O–H groups in total. The Kier molecular flexibility index (Phi) is 5.59. The summed E-state index contributed by atoms with van der Waals surface area (Å²) in [7, 11) is 0. The van der Waals surface area contributed by atoms with E-state index in [1.165, 1.54) is 6.07 Å². The van der Waals surface area contributed by atoms with Crippen LogP contribution in [0.15, 0.2) is 24.3 Å². The molecular weight excluding hydrogens is 215 g/mol. The topological polar surface area (TPSA) is 29.3 Å². The number of hydrogen-bond acceptors (Lipinski definition) is 2. The van der Waals surface area contributed by atoms with Crippen LogP contribution in [0.1, 0.15) is 32.4 Å². The lowest BCUT2D eigenvalue weighted by molar-refractivity contribution is 0.189. The SMILES string of the molecule is CCN(CC(C)C)C(CN)c1cccc(F)c1. The van der Waals surface area contributed by atoms with Crippen LogP contribution in [-0.2, 0) is 0 Å². The third kappa shape index (κ3) is 4.10. The van der Waals surface area contributed by atoms with Crippen molar-refractivity contribution in [3.05, 3.63) is 35.6 Å². The smallest absolute Gasteiger partial charge is 0.123 e. The Balaban J connectivity index is 2.88. The Morgan fingerprint density at radius 2 is 2.06 bits per heavy atom. The molecule has 0 saturated carbocycles. The molecule has 96 valence electrons. The lowest BCUT2D eigenvalue weighted by Gasteiger charge is -2.31. The quantitative estimate of drug-likeness (QED) is 0.825. The average molecular weight is 238 g/mol. The summed E-state index contributed by atoms with van der Waals surface area (Å²) in [6.07, 6.45) is 0. The highest BCUT2D eigenvalue weighted by Gasteiger charge is 2.18. The molecule has 0 heterocycles. The summed E-state index contributed by atoms with van der Waals surface area (Å²) in [6.45, 7) is 8.91. The van der Waals surface area contributed by atoms with E-state index in [2.05, 4.69) is 25.7 Å². The maximum Gasteiger partial charge on any atom is 0.123 e. The van der Waals surface area contributed by atoms with Crippen molar-refractivity contribution >= 4 is 0 Å². The van der Waals surface area contributed by atoms with Gasteiger partial charge in [0.05, 0.1) is 0 Å². The van der Waals surface area contributed by atoms with E-state index in [9.17, 15) is 4.39 Å². The molecule has 0 amide bonds. The van der Waals surface area contributed by atoms with Gasteiger partial charge in [0.1, 0.15) is 5.82 Å². The van der Waals surface area contributed by atoms with Gasteiger partial charge in [-0.25, -0.2) is 4.39 Å². The second kappa shape index (κ2) is 6.72. The van der Waals surface area contributed by atoms with Gasteiger partial charge in [0.25, 0.3) is 0 Å². The van der Waals surface area contributed by atoms with Crippen molar-refractivity contribution < 1.29 is 4.39 Å². The van der Waals surface area contributed by atoms with E-state index in [0.29, 0.717) is 12.5 Å². The maximum absolute atomic E-state index is 13.2. The van der Waals surface area contributed by atoms with Crippen LogP contribution in [0, 0.1) is 11.7 Å². The Labute approximate surface area is 104 Å². The Hall–Kier alpha value is -0.930. The van der Waals surface area contributed by atoms with Gasteiger partial charge in [0, 0.05) is 19.1 Å². The first-order valence-corrected chi connectivity index (χ1v) is 6.28. The molecule has 0 saturated heterocycles. The maximum atomic E-state index is 13.2. The molecule has 1 rings (SSSR count). The molecule has 1 atom stereocenters. The van der Waals surface area contributed by atoms with Crippen molar-refractivity contribution in [2.75, 3.05) is 19.6 Å². The van der Waals surface area contributed by atoms with Crippen LogP contribution in [0.2, 0.25) is 0 Å². The number of likely N-dealkylation sites (N-methyl/N-ethyl adjacent to an activating group) is 1. The Morgan fingerprint density at radius 3 is 2.53 bits per heavy atom. The molecule has 0 aliphatic rings. The predicted molar refractivity (Wildman–Crippen MR) is 70.3 cm³/mol. The standard InChI is InChI=1S/C14H23FN2/c1-4-17(10-11(2)3)14(9-16)12-6-5-7-13(15)8-12/h5-8,11,14H,4,9-10,16H2,1-3H3. The molecule has 1 unspecified atom stereocenters. The van der Waals surface area contributed by atoms with E-state index < -0.39 is 0 Å². The lowest BCUT2D eigenvalue weighted by Crippen LogP contribution is -2.36. The molecule has 17 heavy (non-hydrogen) atoms. The Morgan fingerprint density at radius 1 is 1.35 bits per heavy atom.